The van der Waals surface area contributed by atoms with E-state index in [1.165, 1.54) is 24.9 Å². The largest absolute Gasteiger partial charge is 0.497 e. The van der Waals surface area contributed by atoms with E-state index >= 15 is 0 Å². The molecule has 0 fully saturated rings. The lowest BCUT2D eigenvalue weighted by Crippen LogP contribution is -2.00. The van der Waals surface area contributed by atoms with E-state index in [1.54, 1.807) is 18.2 Å². The van der Waals surface area contributed by atoms with Crippen molar-refractivity contribution in [3.63, 3.8) is 0 Å². The molecule has 19 heavy (non-hydrogen) atoms. The average molecular weight is 275 g/mol. The molecule has 0 heterocycles. The van der Waals surface area contributed by atoms with Crippen LogP contribution < -0.4 is 10.5 Å². The van der Waals surface area contributed by atoms with E-state index in [1.807, 2.05) is 18.2 Å². The number of anilines is 1. The fraction of sp³-hybridized carbons (Fsp3) is 0.0714. The third-order valence-electron chi connectivity index (χ3n) is 2.56. The number of aromatic carboxylic acids is 1. The normalized spacial score (nSPS) is 10.2. The monoisotopic (exact) mass is 275 g/mol. The molecular weight excluding hydrogens is 262 g/mol. The smallest absolute Gasteiger partial charge is 0.336 e. The van der Waals surface area contributed by atoms with Crippen LogP contribution in [0.5, 0.6) is 5.75 Å². The van der Waals surface area contributed by atoms with Crippen LogP contribution in [0.2, 0.25) is 0 Å². The molecule has 0 atom stereocenters. The first kappa shape index (κ1) is 13.3. The Morgan fingerprint density at radius 2 is 1.95 bits per heavy atom. The van der Waals surface area contributed by atoms with E-state index in [4.69, 9.17) is 10.5 Å². The number of hydrogen-bond donors (Lipinski definition) is 2. The molecule has 0 aliphatic heterocycles. The number of hydrogen-bond acceptors (Lipinski definition) is 4. The Morgan fingerprint density at radius 1 is 1.21 bits per heavy atom. The molecular formula is C14H13NO3S. The van der Waals surface area contributed by atoms with Crippen LogP contribution in [-0.2, 0) is 0 Å². The number of carbonyl (C=O) groups is 1. The van der Waals surface area contributed by atoms with E-state index < -0.39 is 5.97 Å². The molecule has 0 saturated carbocycles. The molecule has 0 amide bonds. The van der Waals surface area contributed by atoms with Gasteiger partial charge in [0.25, 0.3) is 0 Å². The Morgan fingerprint density at radius 3 is 2.58 bits per heavy atom. The topological polar surface area (TPSA) is 72.5 Å². The highest BCUT2D eigenvalue weighted by Crippen LogP contribution is 2.35. The molecule has 98 valence electrons. The van der Waals surface area contributed by atoms with Crippen LogP contribution >= 0.6 is 11.8 Å². The van der Waals surface area contributed by atoms with Gasteiger partial charge in [0.1, 0.15) is 5.75 Å². The fourth-order valence-corrected chi connectivity index (χ4v) is 2.55. The van der Waals surface area contributed by atoms with E-state index in [0.717, 1.165) is 4.90 Å². The maximum Gasteiger partial charge on any atom is 0.336 e. The second kappa shape index (κ2) is 5.67. The molecule has 0 aromatic heterocycles. The third kappa shape index (κ3) is 3.00. The van der Waals surface area contributed by atoms with Crippen LogP contribution in [0.25, 0.3) is 0 Å². The van der Waals surface area contributed by atoms with Crippen LogP contribution in [0.15, 0.2) is 52.3 Å². The molecule has 2 rings (SSSR count). The lowest BCUT2D eigenvalue weighted by atomic mass is 10.2. The molecule has 0 unspecified atom stereocenters. The van der Waals surface area contributed by atoms with Gasteiger partial charge in [0.05, 0.1) is 12.7 Å². The summed E-state index contributed by atoms with van der Waals surface area (Å²) in [7, 11) is 1.50. The summed E-state index contributed by atoms with van der Waals surface area (Å²) in [5.41, 5.74) is 6.68. The van der Waals surface area contributed by atoms with Gasteiger partial charge in [-0.1, -0.05) is 23.9 Å². The lowest BCUT2D eigenvalue weighted by Gasteiger charge is -2.09. The van der Waals surface area contributed by atoms with Gasteiger partial charge >= 0.3 is 5.97 Å². The van der Waals surface area contributed by atoms with Gasteiger partial charge in [-0.2, -0.15) is 0 Å². The van der Waals surface area contributed by atoms with Crippen molar-refractivity contribution in [3.05, 3.63) is 48.0 Å². The first-order chi connectivity index (χ1) is 9.11. The predicted molar refractivity (Wildman–Crippen MR) is 74.9 cm³/mol. The molecule has 0 saturated heterocycles. The van der Waals surface area contributed by atoms with Crippen LogP contribution in [0.3, 0.4) is 0 Å². The number of para-hydroxylation sites is 1. The molecule has 0 aliphatic carbocycles. The van der Waals surface area contributed by atoms with Crippen molar-refractivity contribution in [2.24, 2.45) is 0 Å². The summed E-state index contributed by atoms with van der Waals surface area (Å²) < 4.78 is 5.04. The van der Waals surface area contributed by atoms with Crippen LogP contribution in [0.1, 0.15) is 10.4 Å². The Balaban J connectivity index is 2.40. The standard InChI is InChI=1S/C14H13NO3S/c1-18-9-6-7-12(10(8-9)14(16)17)19-13-5-3-2-4-11(13)15/h2-8H,15H2,1H3,(H,16,17). The van der Waals surface area contributed by atoms with Gasteiger partial charge in [-0.15, -0.1) is 0 Å². The van der Waals surface area contributed by atoms with Gasteiger partial charge in [-0.3, -0.25) is 0 Å². The number of nitrogens with two attached hydrogens (primary N) is 1. The summed E-state index contributed by atoms with van der Waals surface area (Å²) >= 11 is 1.33. The fourth-order valence-electron chi connectivity index (χ4n) is 1.58. The highest BCUT2D eigenvalue weighted by molar-refractivity contribution is 7.99. The van der Waals surface area contributed by atoms with Gasteiger partial charge in [0.15, 0.2) is 0 Å². The highest BCUT2D eigenvalue weighted by atomic mass is 32.2. The van der Waals surface area contributed by atoms with E-state index in [-0.39, 0.29) is 5.56 Å². The van der Waals surface area contributed by atoms with Crippen LogP contribution in [0.4, 0.5) is 5.69 Å². The molecule has 5 heteroatoms. The molecule has 0 bridgehead atoms. The van der Waals surface area contributed by atoms with Crippen molar-refractivity contribution in [1.82, 2.24) is 0 Å². The summed E-state index contributed by atoms with van der Waals surface area (Å²) in [6.07, 6.45) is 0. The lowest BCUT2D eigenvalue weighted by molar-refractivity contribution is 0.0692. The predicted octanol–water partition coefficient (Wildman–Crippen LogP) is 3.13. The van der Waals surface area contributed by atoms with Crippen molar-refractivity contribution in [3.8, 4) is 5.75 Å². The quantitative estimate of drug-likeness (QED) is 0.839. The number of carboxylic acids is 1. The number of benzene rings is 2. The van der Waals surface area contributed by atoms with E-state index in [2.05, 4.69) is 0 Å². The molecule has 0 radical (unpaired) electrons. The SMILES string of the molecule is COc1ccc(Sc2ccccc2N)c(C(=O)O)c1. The Bertz CT molecular complexity index is 613. The maximum absolute atomic E-state index is 11.3. The molecule has 2 aromatic carbocycles. The number of nitrogen functional groups attached to an aromatic ring is 1. The summed E-state index contributed by atoms with van der Waals surface area (Å²) in [6.45, 7) is 0. The van der Waals surface area contributed by atoms with Crippen LogP contribution in [-0.4, -0.2) is 18.2 Å². The first-order valence-corrected chi connectivity index (χ1v) is 6.37. The zero-order valence-electron chi connectivity index (χ0n) is 10.3. The Hall–Kier alpha value is -2.14. The van der Waals surface area contributed by atoms with Crippen LogP contribution in [0, 0.1) is 0 Å². The first-order valence-electron chi connectivity index (χ1n) is 5.55. The Labute approximate surface area is 115 Å². The minimum absolute atomic E-state index is 0.201. The van der Waals surface area contributed by atoms with Crippen molar-refractivity contribution in [1.29, 1.82) is 0 Å². The number of methoxy groups -OCH3 is 1. The molecule has 3 N–H and O–H groups in total. The summed E-state index contributed by atoms with van der Waals surface area (Å²) in [4.78, 5) is 12.7. The molecule has 4 nitrogen and oxygen atoms in total. The van der Waals surface area contributed by atoms with Gasteiger partial charge in [0, 0.05) is 15.5 Å². The third-order valence-corrected chi connectivity index (χ3v) is 3.72. The highest BCUT2D eigenvalue weighted by Gasteiger charge is 2.13. The van der Waals surface area contributed by atoms with Gasteiger partial charge < -0.3 is 15.6 Å². The number of ether oxygens (including phenoxy) is 1. The van der Waals surface area contributed by atoms with Gasteiger partial charge in [-0.25, -0.2) is 4.79 Å². The van der Waals surface area contributed by atoms with Crippen molar-refractivity contribution in [2.75, 3.05) is 12.8 Å². The minimum atomic E-state index is -0.990. The second-order valence-corrected chi connectivity index (χ2v) is 4.89. The zero-order chi connectivity index (χ0) is 13.8. The maximum atomic E-state index is 11.3. The Kier molecular flexibility index (Phi) is 3.97. The zero-order valence-corrected chi connectivity index (χ0v) is 11.1. The van der Waals surface area contributed by atoms with Gasteiger partial charge in [-0.05, 0) is 30.3 Å². The van der Waals surface area contributed by atoms with E-state index in [9.17, 15) is 9.90 Å². The van der Waals surface area contributed by atoms with Crippen molar-refractivity contribution < 1.29 is 14.6 Å². The minimum Gasteiger partial charge on any atom is -0.497 e. The molecule has 0 aliphatic rings. The molecule has 0 spiro atoms. The summed E-state index contributed by atoms with van der Waals surface area (Å²) in [5.74, 6) is -0.473. The average Bonchev–Trinajstić information content (AvgIpc) is 2.41. The van der Waals surface area contributed by atoms with Crippen molar-refractivity contribution in [2.45, 2.75) is 9.79 Å². The second-order valence-electron chi connectivity index (χ2n) is 3.81. The van der Waals surface area contributed by atoms with E-state index in [0.29, 0.717) is 16.3 Å². The summed E-state index contributed by atoms with van der Waals surface area (Å²) in [5, 5.41) is 9.23. The summed E-state index contributed by atoms with van der Waals surface area (Å²) in [6, 6.07) is 12.3. The number of rotatable bonds is 4. The van der Waals surface area contributed by atoms with Crippen molar-refractivity contribution >= 4 is 23.4 Å². The van der Waals surface area contributed by atoms with Gasteiger partial charge in [0.2, 0.25) is 0 Å². The molecule has 2 aromatic rings. The number of carboxylic acid groups (broad SMARTS) is 1.